The van der Waals surface area contributed by atoms with Crippen LogP contribution in [0, 0.1) is 5.82 Å². The Bertz CT molecular complexity index is 931. The second-order valence-corrected chi connectivity index (χ2v) is 7.84. The van der Waals surface area contributed by atoms with Crippen molar-refractivity contribution in [2.75, 3.05) is 18.1 Å². The van der Waals surface area contributed by atoms with Gasteiger partial charge in [-0.1, -0.05) is 18.2 Å². The lowest BCUT2D eigenvalue weighted by atomic mass is 9.72. The van der Waals surface area contributed by atoms with Crippen molar-refractivity contribution in [3.05, 3.63) is 65.5 Å². The van der Waals surface area contributed by atoms with Crippen LogP contribution < -0.4 is 10.2 Å². The molecule has 0 unspecified atom stereocenters. The van der Waals surface area contributed by atoms with Crippen LogP contribution in [0.25, 0.3) is 0 Å². The molecule has 6 nitrogen and oxygen atoms in total. The highest BCUT2D eigenvalue weighted by molar-refractivity contribution is 6.07. The number of rotatable bonds is 3. The molecular formula is C22H24FN3O3. The first kappa shape index (κ1) is 19.4. The van der Waals surface area contributed by atoms with Gasteiger partial charge in [-0.05, 0) is 49.7 Å². The number of carbonyl (C=O) groups is 2. The normalized spacial score (nSPS) is 22.6. The van der Waals surface area contributed by atoms with E-state index in [1.807, 2.05) is 38.1 Å². The fraction of sp³-hybridized carbons (Fsp3) is 0.364. The first-order valence-corrected chi connectivity index (χ1v) is 9.78. The van der Waals surface area contributed by atoms with Crippen molar-refractivity contribution in [3.8, 4) is 0 Å². The van der Waals surface area contributed by atoms with Crippen LogP contribution >= 0.6 is 0 Å². The fourth-order valence-corrected chi connectivity index (χ4v) is 4.43. The van der Waals surface area contributed by atoms with Crippen molar-refractivity contribution in [2.24, 2.45) is 0 Å². The number of halogens is 1. The van der Waals surface area contributed by atoms with E-state index < -0.39 is 5.82 Å². The molecule has 0 bridgehead atoms. The van der Waals surface area contributed by atoms with Gasteiger partial charge in [0.05, 0.1) is 18.7 Å². The molecule has 29 heavy (non-hydrogen) atoms. The van der Waals surface area contributed by atoms with Gasteiger partial charge >= 0.3 is 6.03 Å². The van der Waals surface area contributed by atoms with Gasteiger partial charge in [-0.3, -0.25) is 4.79 Å². The summed E-state index contributed by atoms with van der Waals surface area (Å²) < 4.78 is 13.3. The van der Waals surface area contributed by atoms with E-state index in [9.17, 15) is 19.1 Å². The number of hydrogen-bond acceptors (Lipinski definition) is 3. The molecule has 0 saturated carbocycles. The Balaban J connectivity index is 1.70. The van der Waals surface area contributed by atoms with Crippen molar-refractivity contribution in [2.45, 2.75) is 37.9 Å². The van der Waals surface area contributed by atoms with Crippen LogP contribution in [0.2, 0.25) is 0 Å². The van der Waals surface area contributed by atoms with E-state index >= 15 is 0 Å². The van der Waals surface area contributed by atoms with Crippen molar-refractivity contribution < 1.29 is 19.1 Å². The summed E-state index contributed by atoms with van der Waals surface area (Å²) >= 11 is 0. The Labute approximate surface area is 168 Å². The number of urea groups is 1. The summed E-state index contributed by atoms with van der Waals surface area (Å²) in [5.41, 5.74) is 2.09. The zero-order valence-corrected chi connectivity index (χ0v) is 16.4. The van der Waals surface area contributed by atoms with Gasteiger partial charge in [0, 0.05) is 29.8 Å². The highest BCUT2D eigenvalue weighted by Crippen LogP contribution is 2.48. The Kier molecular flexibility index (Phi) is 5.00. The van der Waals surface area contributed by atoms with Crippen molar-refractivity contribution in [3.63, 3.8) is 0 Å². The first-order chi connectivity index (χ1) is 13.9. The molecule has 2 aliphatic rings. The van der Waals surface area contributed by atoms with Crippen molar-refractivity contribution in [1.82, 2.24) is 10.2 Å². The predicted molar refractivity (Wildman–Crippen MR) is 107 cm³/mol. The van der Waals surface area contributed by atoms with Crippen LogP contribution in [0.15, 0.2) is 48.5 Å². The molecule has 7 heteroatoms. The molecule has 152 valence electrons. The smallest absolute Gasteiger partial charge is 0.318 e. The number of aliphatic hydroxyl groups excluding tert-OH is 1. The number of nitrogens with one attached hydrogen (secondary N) is 1. The third-order valence-corrected chi connectivity index (χ3v) is 5.67. The Morgan fingerprint density at radius 2 is 1.86 bits per heavy atom. The lowest BCUT2D eigenvalue weighted by Crippen LogP contribution is -2.72. The van der Waals surface area contributed by atoms with Gasteiger partial charge in [0.15, 0.2) is 0 Å². The summed E-state index contributed by atoms with van der Waals surface area (Å²) in [6.45, 7) is 3.93. The highest BCUT2D eigenvalue weighted by Gasteiger charge is 2.55. The lowest BCUT2D eigenvalue weighted by molar-refractivity contribution is -0.00815. The monoisotopic (exact) mass is 397 g/mol. The molecule has 3 atom stereocenters. The highest BCUT2D eigenvalue weighted by atomic mass is 19.1. The van der Waals surface area contributed by atoms with Crippen LogP contribution in [-0.4, -0.2) is 53.2 Å². The SMILES string of the molecule is CC(C)NC(=O)N1[C@H](CO)[C@@H]2c3ccccc3N(C(=O)c3ccc(F)cc3)C[C@@H]21. The van der Waals surface area contributed by atoms with Crippen LogP contribution in [0.3, 0.4) is 0 Å². The van der Waals surface area contributed by atoms with E-state index in [2.05, 4.69) is 5.32 Å². The standard InChI is InChI=1S/C22H24FN3O3/c1-13(2)24-22(29)26-18-11-25(21(28)14-7-9-15(23)10-8-14)17-6-4-3-5-16(17)20(18)19(26)12-27/h3-10,13,18-20,27H,11-12H2,1-2H3,(H,24,29)/t18-,19+,20+/m0/s1. The van der Waals surface area contributed by atoms with E-state index in [-0.39, 0.29) is 42.6 Å². The topological polar surface area (TPSA) is 72.9 Å². The number of para-hydroxylation sites is 1. The zero-order valence-electron chi connectivity index (χ0n) is 16.4. The quantitative estimate of drug-likeness (QED) is 0.837. The Morgan fingerprint density at radius 3 is 2.52 bits per heavy atom. The van der Waals surface area contributed by atoms with E-state index in [0.717, 1.165) is 11.3 Å². The minimum absolute atomic E-state index is 0.0336. The summed E-state index contributed by atoms with van der Waals surface area (Å²) in [5, 5.41) is 12.8. The van der Waals surface area contributed by atoms with E-state index in [1.54, 1.807) is 9.80 Å². The third kappa shape index (κ3) is 3.25. The number of hydrogen-bond donors (Lipinski definition) is 2. The second-order valence-electron chi connectivity index (χ2n) is 7.84. The molecule has 2 heterocycles. The number of anilines is 1. The predicted octanol–water partition coefficient (Wildman–Crippen LogP) is 2.73. The van der Waals surface area contributed by atoms with Crippen LogP contribution in [0.5, 0.6) is 0 Å². The summed E-state index contributed by atoms with van der Waals surface area (Å²) in [7, 11) is 0. The summed E-state index contributed by atoms with van der Waals surface area (Å²) in [6, 6.07) is 12.2. The Hall–Kier alpha value is -2.93. The average Bonchev–Trinajstić information content (AvgIpc) is 2.68. The van der Waals surface area contributed by atoms with Crippen LogP contribution in [-0.2, 0) is 0 Å². The molecule has 0 spiro atoms. The molecular weight excluding hydrogens is 373 g/mol. The molecule has 2 N–H and O–H groups in total. The van der Waals surface area contributed by atoms with Gasteiger partial charge in [0.2, 0.25) is 0 Å². The maximum Gasteiger partial charge on any atom is 0.318 e. The number of fused-ring (bicyclic) bond motifs is 3. The van der Waals surface area contributed by atoms with Gasteiger partial charge in [-0.15, -0.1) is 0 Å². The molecule has 0 radical (unpaired) electrons. The fourth-order valence-electron chi connectivity index (χ4n) is 4.43. The van der Waals surface area contributed by atoms with Crippen LogP contribution in [0.4, 0.5) is 14.9 Å². The molecule has 2 aromatic rings. The molecule has 2 aliphatic heterocycles. The number of amides is 3. The van der Waals surface area contributed by atoms with Crippen molar-refractivity contribution in [1.29, 1.82) is 0 Å². The zero-order chi connectivity index (χ0) is 20.7. The van der Waals surface area contributed by atoms with Gasteiger partial charge in [0.1, 0.15) is 5.82 Å². The van der Waals surface area contributed by atoms with Gasteiger partial charge in [0.25, 0.3) is 5.91 Å². The summed E-state index contributed by atoms with van der Waals surface area (Å²) in [4.78, 5) is 29.2. The van der Waals surface area contributed by atoms with Crippen molar-refractivity contribution >= 4 is 17.6 Å². The van der Waals surface area contributed by atoms with Gasteiger partial charge < -0.3 is 20.2 Å². The number of carbonyl (C=O) groups excluding carboxylic acids is 2. The molecule has 3 amide bonds. The molecule has 2 aromatic carbocycles. The molecule has 4 rings (SSSR count). The minimum Gasteiger partial charge on any atom is -0.394 e. The molecule has 0 aromatic heterocycles. The van der Waals surface area contributed by atoms with Crippen LogP contribution in [0.1, 0.15) is 35.7 Å². The number of aliphatic hydroxyl groups is 1. The maximum absolute atomic E-state index is 13.3. The maximum atomic E-state index is 13.3. The van der Waals surface area contributed by atoms with E-state index in [0.29, 0.717) is 12.1 Å². The number of nitrogens with zero attached hydrogens (tertiary/aromatic N) is 2. The lowest BCUT2D eigenvalue weighted by Gasteiger charge is -2.58. The Morgan fingerprint density at radius 1 is 1.17 bits per heavy atom. The van der Waals surface area contributed by atoms with E-state index in [1.165, 1.54) is 24.3 Å². The third-order valence-electron chi connectivity index (χ3n) is 5.67. The molecule has 1 saturated heterocycles. The largest absolute Gasteiger partial charge is 0.394 e. The minimum atomic E-state index is -0.401. The average molecular weight is 397 g/mol. The summed E-state index contributed by atoms with van der Waals surface area (Å²) in [6.07, 6.45) is 0. The van der Waals surface area contributed by atoms with Gasteiger partial charge in [-0.25, -0.2) is 9.18 Å². The summed E-state index contributed by atoms with van der Waals surface area (Å²) in [5.74, 6) is -0.680. The number of benzene rings is 2. The van der Waals surface area contributed by atoms with E-state index in [4.69, 9.17) is 0 Å². The number of likely N-dealkylation sites (tertiary alicyclic amines) is 1. The second kappa shape index (κ2) is 7.48. The molecule has 0 aliphatic carbocycles. The first-order valence-electron chi connectivity index (χ1n) is 9.78. The van der Waals surface area contributed by atoms with Gasteiger partial charge in [-0.2, -0.15) is 0 Å². The molecule has 1 fully saturated rings.